The molecule has 0 radical (unpaired) electrons. The van der Waals surface area contributed by atoms with E-state index < -0.39 is 0 Å². The van der Waals surface area contributed by atoms with E-state index in [2.05, 4.69) is 13.8 Å². The SMILES string of the molecule is CCSCOCN(C(C)=O)C(C)CC. The Bertz CT molecular complexity index is 164. The average Bonchev–Trinajstić information content (AvgIpc) is 2.16. The van der Waals surface area contributed by atoms with Crippen molar-refractivity contribution in [2.24, 2.45) is 0 Å². The maximum absolute atomic E-state index is 11.2. The zero-order valence-corrected chi connectivity index (χ0v) is 10.4. The Morgan fingerprint density at radius 2 is 2.14 bits per heavy atom. The summed E-state index contributed by atoms with van der Waals surface area (Å²) in [6, 6.07) is 0.263. The second kappa shape index (κ2) is 8.12. The standard InChI is InChI=1S/C10H21NO2S/c1-5-9(3)11(10(4)12)7-13-8-14-6-2/h9H,5-8H2,1-4H3. The fourth-order valence-electron chi connectivity index (χ4n) is 1.03. The smallest absolute Gasteiger partial charge is 0.221 e. The van der Waals surface area contributed by atoms with Gasteiger partial charge in [-0.25, -0.2) is 0 Å². The first-order chi connectivity index (χ1) is 6.63. The van der Waals surface area contributed by atoms with Crippen molar-refractivity contribution in [3.63, 3.8) is 0 Å². The molecule has 0 spiro atoms. The molecular weight excluding hydrogens is 198 g/mol. The van der Waals surface area contributed by atoms with E-state index in [4.69, 9.17) is 4.74 Å². The Morgan fingerprint density at radius 1 is 1.50 bits per heavy atom. The number of rotatable bonds is 7. The minimum Gasteiger partial charge on any atom is -0.350 e. The summed E-state index contributed by atoms with van der Waals surface area (Å²) in [5, 5.41) is 0. The second-order valence-electron chi connectivity index (χ2n) is 3.19. The summed E-state index contributed by atoms with van der Waals surface area (Å²) in [5.41, 5.74) is 0. The van der Waals surface area contributed by atoms with Crippen molar-refractivity contribution in [1.29, 1.82) is 0 Å². The predicted molar refractivity (Wildman–Crippen MR) is 61.2 cm³/mol. The van der Waals surface area contributed by atoms with Gasteiger partial charge in [0.05, 0.1) is 5.94 Å². The van der Waals surface area contributed by atoms with Crippen LogP contribution in [0.2, 0.25) is 0 Å². The molecule has 4 heteroatoms. The summed E-state index contributed by atoms with van der Waals surface area (Å²) in [5.74, 6) is 1.79. The van der Waals surface area contributed by atoms with Gasteiger partial charge in [0, 0.05) is 13.0 Å². The average molecular weight is 219 g/mol. The van der Waals surface area contributed by atoms with Crippen LogP contribution in [0.15, 0.2) is 0 Å². The van der Waals surface area contributed by atoms with Crippen molar-refractivity contribution >= 4 is 17.7 Å². The molecule has 0 saturated heterocycles. The van der Waals surface area contributed by atoms with Crippen LogP contribution in [0.4, 0.5) is 0 Å². The molecule has 0 N–H and O–H groups in total. The number of ether oxygens (including phenoxy) is 1. The molecule has 0 rings (SSSR count). The number of nitrogens with zero attached hydrogens (tertiary/aromatic N) is 1. The lowest BCUT2D eigenvalue weighted by Crippen LogP contribution is -2.38. The van der Waals surface area contributed by atoms with E-state index in [1.54, 1.807) is 23.6 Å². The lowest BCUT2D eigenvalue weighted by molar-refractivity contribution is -0.136. The minimum atomic E-state index is 0.0841. The first-order valence-electron chi connectivity index (χ1n) is 5.06. The summed E-state index contributed by atoms with van der Waals surface area (Å²) in [6.07, 6.45) is 0.962. The van der Waals surface area contributed by atoms with Crippen LogP contribution in [0, 0.1) is 0 Å². The van der Waals surface area contributed by atoms with Crippen molar-refractivity contribution in [3.8, 4) is 0 Å². The Morgan fingerprint density at radius 3 is 2.57 bits per heavy atom. The molecule has 3 nitrogen and oxygen atoms in total. The molecule has 0 fully saturated rings. The Hall–Kier alpha value is -0.220. The van der Waals surface area contributed by atoms with Gasteiger partial charge in [-0.15, -0.1) is 11.8 Å². The van der Waals surface area contributed by atoms with Crippen LogP contribution in [0.3, 0.4) is 0 Å². The molecule has 0 aromatic carbocycles. The van der Waals surface area contributed by atoms with Gasteiger partial charge in [-0.3, -0.25) is 4.79 Å². The van der Waals surface area contributed by atoms with Gasteiger partial charge in [-0.1, -0.05) is 13.8 Å². The van der Waals surface area contributed by atoms with Crippen LogP contribution in [-0.4, -0.2) is 35.3 Å². The molecule has 0 aromatic heterocycles. The van der Waals surface area contributed by atoms with Gasteiger partial charge in [0.25, 0.3) is 0 Å². The largest absolute Gasteiger partial charge is 0.350 e. The first-order valence-corrected chi connectivity index (χ1v) is 6.21. The Balaban J connectivity index is 3.80. The molecule has 0 bridgehead atoms. The number of carbonyl (C=O) groups is 1. The summed E-state index contributed by atoms with van der Waals surface area (Å²) in [7, 11) is 0. The molecule has 1 atom stereocenters. The van der Waals surface area contributed by atoms with Crippen LogP contribution in [-0.2, 0) is 9.53 Å². The number of carbonyl (C=O) groups excluding carboxylic acids is 1. The number of hydrogen-bond acceptors (Lipinski definition) is 3. The third-order valence-electron chi connectivity index (χ3n) is 2.13. The second-order valence-corrected chi connectivity index (χ2v) is 4.41. The van der Waals surface area contributed by atoms with E-state index in [-0.39, 0.29) is 11.9 Å². The topological polar surface area (TPSA) is 29.5 Å². The zero-order valence-electron chi connectivity index (χ0n) is 9.58. The molecule has 0 aliphatic rings. The van der Waals surface area contributed by atoms with Crippen LogP contribution in [0.1, 0.15) is 34.1 Å². The van der Waals surface area contributed by atoms with E-state index in [1.165, 1.54) is 0 Å². The fourth-order valence-corrected chi connectivity index (χ4v) is 1.39. The predicted octanol–water partition coefficient (Wildman–Crippen LogP) is 2.32. The van der Waals surface area contributed by atoms with Gasteiger partial charge in [0.15, 0.2) is 0 Å². The number of hydrogen-bond donors (Lipinski definition) is 0. The highest BCUT2D eigenvalue weighted by molar-refractivity contribution is 7.99. The van der Waals surface area contributed by atoms with Gasteiger partial charge in [0.1, 0.15) is 6.73 Å². The minimum absolute atomic E-state index is 0.0841. The van der Waals surface area contributed by atoms with E-state index >= 15 is 0 Å². The van der Waals surface area contributed by atoms with E-state index in [9.17, 15) is 4.79 Å². The first kappa shape index (κ1) is 13.8. The van der Waals surface area contributed by atoms with E-state index in [0.29, 0.717) is 12.7 Å². The van der Waals surface area contributed by atoms with Gasteiger partial charge in [0.2, 0.25) is 5.91 Å². The van der Waals surface area contributed by atoms with Crippen LogP contribution in [0.25, 0.3) is 0 Å². The lowest BCUT2D eigenvalue weighted by Gasteiger charge is -2.26. The number of amides is 1. The van der Waals surface area contributed by atoms with Crippen molar-refractivity contribution < 1.29 is 9.53 Å². The third-order valence-corrected chi connectivity index (χ3v) is 2.87. The Labute approximate surface area is 91.2 Å². The molecule has 1 amide bonds. The lowest BCUT2D eigenvalue weighted by atomic mass is 10.2. The van der Waals surface area contributed by atoms with Crippen LogP contribution >= 0.6 is 11.8 Å². The highest BCUT2D eigenvalue weighted by atomic mass is 32.2. The number of thioether (sulfide) groups is 1. The molecule has 0 heterocycles. The van der Waals surface area contributed by atoms with Gasteiger partial charge in [-0.05, 0) is 19.1 Å². The van der Waals surface area contributed by atoms with Crippen LogP contribution in [0.5, 0.6) is 0 Å². The van der Waals surface area contributed by atoms with Crippen LogP contribution < -0.4 is 0 Å². The molecule has 0 aromatic rings. The maximum Gasteiger partial charge on any atom is 0.221 e. The van der Waals surface area contributed by atoms with Crippen molar-refractivity contribution in [2.75, 3.05) is 18.4 Å². The van der Waals surface area contributed by atoms with Gasteiger partial charge < -0.3 is 9.64 Å². The van der Waals surface area contributed by atoms with Crippen molar-refractivity contribution in [3.05, 3.63) is 0 Å². The summed E-state index contributed by atoms with van der Waals surface area (Å²) in [6.45, 7) is 8.20. The van der Waals surface area contributed by atoms with Crippen molar-refractivity contribution in [2.45, 2.75) is 40.2 Å². The molecular formula is C10H21NO2S. The zero-order chi connectivity index (χ0) is 11.0. The highest BCUT2D eigenvalue weighted by Crippen LogP contribution is 2.06. The fraction of sp³-hybridized carbons (Fsp3) is 0.900. The molecule has 0 aliphatic carbocycles. The third kappa shape index (κ3) is 5.50. The quantitative estimate of drug-likeness (QED) is 0.486. The van der Waals surface area contributed by atoms with E-state index in [1.807, 2.05) is 6.92 Å². The van der Waals surface area contributed by atoms with Crippen molar-refractivity contribution in [1.82, 2.24) is 4.90 Å². The maximum atomic E-state index is 11.2. The molecule has 84 valence electrons. The normalized spacial score (nSPS) is 12.6. The summed E-state index contributed by atoms with van der Waals surface area (Å²) < 4.78 is 5.39. The summed E-state index contributed by atoms with van der Waals surface area (Å²) >= 11 is 1.72. The highest BCUT2D eigenvalue weighted by Gasteiger charge is 2.14. The van der Waals surface area contributed by atoms with Gasteiger partial charge >= 0.3 is 0 Å². The Kier molecular flexibility index (Phi) is 7.99. The summed E-state index contributed by atoms with van der Waals surface area (Å²) in [4.78, 5) is 13.0. The molecule has 0 saturated carbocycles. The van der Waals surface area contributed by atoms with Gasteiger partial charge in [-0.2, -0.15) is 0 Å². The molecule has 0 aliphatic heterocycles. The molecule has 14 heavy (non-hydrogen) atoms. The van der Waals surface area contributed by atoms with E-state index in [0.717, 1.165) is 12.2 Å². The monoisotopic (exact) mass is 219 g/mol. The molecule has 1 unspecified atom stereocenters.